The number of carbonyl (C=O) groups is 1. The molecule has 0 saturated carbocycles. The highest BCUT2D eigenvalue weighted by atomic mass is 28.4. The van der Waals surface area contributed by atoms with Gasteiger partial charge in [-0.1, -0.05) is 87.5 Å². The summed E-state index contributed by atoms with van der Waals surface area (Å²) >= 11 is 0. The molecule has 1 saturated heterocycles. The molecule has 4 aliphatic rings. The van der Waals surface area contributed by atoms with E-state index in [-0.39, 0.29) is 30.4 Å². The summed E-state index contributed by atoms with van der Waals surface area (Å²) in [6.07, 6.45) is 2.70. The van der Waals surface area contributed by atoms with Crippen molar-refractivity contribution in [3.8, 4) is 28.7 Å². The molecule has 0 spiro atoms. The van der Waals surface area contributed by atoms with Gasteiger partial charge < -0.3 is 33.0 Å². The van der Waals surface area contributed by atoms with Crippen LogP contribution in [-0.4, -0.2) is 57.6 Å². The van der Waals surface area contributed by atoms with E-state index in [4.69, 9.17) is 28.1 Å². The average Bonchev–Trinajstić information content (AvgIpc) is 3.65. The summed E-state index contributed by atoms with van der Waals surface area (Å²) in [5.74, 6) is 3.53. The lowest BCUT2D eigenvalue weighted by atomic mass is 9.78. The van der Waals surface area contributed by atoms with Gasteiger partial charge in [-0.2, -0.15) is 0 Å². The fourth-order valence-electron chi connectivity index (χ4n) is 8.32. The zero-order valence-corrected chi connectivity index (χ0v) is 34.4. The molecule has 55 heavy (non-hydrogen) atoms. The Morgan fingerprint density at radius 3 is 2.18 bits per heavy atom. The highest BCUT2D eigenvalue weighted by Crippen LogP contribution is 2.59. The summed E-state index contributed by atoms with van der Waals surface area (Å²) in [7, 11) is 1.38. The minimum absolute atomic E-state index is 0.0231. The lowest BCUT2D eigenvalue weighted by molar-refractivity contribution is -0.145. The molecule has 3 atom stereocenters. The minimum Gasteiger partial charge on any atom is -0.543 e. The number of fused-ring (bicyclic) bond motifs is 9. The van der Waals surface area contributed by atoms with E-state index in [1.807, 2.05) is 48.2 Å². The van der Waals surface area contributed by atoms with Crippen molar-refractivity contribution < 1.29 is 32.9 Å². The van der Waals surface area contributed by atoms with E-state index in [1.165, 1.54) is 0 Å². The molecule has 0 radical (unpaired) electrons. The van der Waals surface area contributed by atoms with Crippen molar-refractivity contribution >= 4 is 20.3 Å². The molecule has 2 bridgehead atoms. The number of rotatable bonds is 10. The van der Waals surface area contributed by atoms with Gasteiger partial charge in [0.25, 0.3) is 8.32 Å². The van der Waals surface area contributed by atoms with E-state index in [2.05, 4.69) is 89.1 Å². The molecule has 4 aromatic carbocycles. The fraction of sp³-hybridized carbons (Fsp3) is 0.400. The highest BCUT2D eigenvalue weighted by molar-refractivity contribution is 6.74. The number of methoxy groups -OCH3 is 1. The van der Waals surface area contributed by atoms with E-state index in [0.29, 0.717) is 42.6 Å². The van der Waals surface area contributed by atoms with Crippen LogP contribution in [0.4, 0.5) is 0 Å². The van der Waals surface area contributed by atoms with Gasteiger partial charge in [0.15, 0.2) is 23.0 Å². The van der Waals surface area contributed by atoms with Gasteiger partial charge in [-0.05, 0) is 73.8 Å². The molecule has 288 valence electrons. The molecular weight excluding hydrogens is 709 g/mol. The number of hydrogen-bond acceptors (Lipinski definition) is 8. The number of amides is 1. The lowest BCUT2D eigenvalue weighted by Gasteiger charge is -2.53. The van der Waals surface area contributed by atoms with Crippen LogP contribution in [0.2, 0.25) is 18.1 Å². The number of ether oxygens (including phenoxy) is 5. The van der Waals surface area contributed by atoms with Gasteiger partial charge in [0.2, 0.25) is 12.7 Å². The van der Waals surface area contributed by atoms with Crippen molar-refractivity contribution in [1.82, 2.24) is 9.80 Å². The van der Waals surface area contributed by atoms with Crippen LogP contribution in [0.15, 0.2) is 72.4 Å². The maximum Gasteiger partial charge on any atom is 0.250 e. The SMILES string of the molecule is COc1c(C)cc2c(c1OCc1ccccc1)[C@@H]1C3=Cc4c(O[Si](C)(C)C(C)(C)C)c(C)c5c(c4[C@@H](COCc4ccccc4)N3C(=O)[C@@H](C2)N1C)OCO5. The maximum absolute atomic E-state index is 15.1. The molecule has 9 nitrogen and oxygen atoms in total. The second-order valence-corrected chi connectivity index (χ2v) is 21.4. The second-order valence-electron chi connectivity index (χ2n) is 16.7. The Hall–Kier alpha value is -4.77. The predicted octanol–water partition coefficient (Wildman–Crippen LogP) is 9.06. The van der Waals surface area contributed by atoms with Crippen LogP contribution in [0.1, 0.15) is 77.4 Å². The third-order valence-corrected chi connectivity index (χ3v) is 16.5. The topological polar surface area (TPSA) is 78.9 Å². The molecule has 0 unspecified atom stereocenters. The lowest BCUT2D eigenvalue weighted by Crippen LogP contribution is -2.60. The molecule has 1 fully saturated rings. The fourth-order valence-corrected chi connectivity index (χ4v) is 9.40. The second kappa shape index (κ2) is 14.1. The molecule has 0 aromatic heterocycles. The smallest absolute Gasteiger partial charge is 0.250 e. The molecule has 4 aliphatic heterocycles. The van der Waals surface area contributed by atoms with Crippen LogP contribution in [0.25, 0.3) is 6.08 Å². The van der Waals surface area contributed by atoms with Crippen LogP contribution >= 0.6 is 0 Å². The highest BCUT2D eigenvalue weighted by Gasteiger charge is 2.54. The summed E-state index contributed by atoms with van der Waals surface area (Å²) in [6, 6.07) is 21.2. The third-order valence-electron chi connectivity index (χ3n) is 12.2. The van der Waals surface area contributed by atoms with Gasteiger partial charge in [0.05, 0.1) is 38.4 Å². The van der Waals surface area contributed by atoms with Crippen molar-refractivity contribution in [2.75, 3.05) is 27.6 Å². The molecule has 0 aliphatic carbocycles. The van der Waals surface area contributed by atoms with Gasteiger partial charge in [0.1, 0.15) is 12.4 Å². The van der Waals surface area contributed by atoms with Crippen LogP contribution < -0.4 is 23.4 Å². The van der Waals surface area contributed by atoms with Gasteiger partial charge in [-0.25, -0.2) is 0 Å². The Morgan fingerprint density at radius 1 is 0.873 bits per heavy atom. The van der Waals surface area contributed by atoms with Gasteiger partial charge >= 0.3 is 0 Å². The Labute approximate surface area is 325 Å². The number of hydrogen-bond donors (Lipinski definition) is 0. The van der Waals surface area contributed by atoms with E-state index >= 15 is 4.79 Å². The van der Waals surface area contributed by atoms with E-state index < -0.39 is 20.4 Å². The zero-order chi connectivity index (χ0) is 38.8. The molecule has 4 heterocycles. The average molecular weight is 761 g/mol. The molecule has 10 heteroatoms. The number of nitrogens with zero attached hydrogens (tertiary/aromatic N) is 2. The molecular formula is C45H52N2O7Si. The van der Waals surface area contributed by atoms with Crippen LogP contribution in [0.3, 0.4) is 0 Å². The Bertz CT molecular complexity index is 2160. The zero-order valence-electron chi connectivity index (χ0n) is 33.4. The Kier molecular flexibility index (Phi) is 9.50. The van der Waals surface area contributed by atoms with E-state index in [1.54, 1.807) is 7.11 Å². The first kappa shape index (κ1) is 37.2. The molecule has 1 amide bonds. The van der Waals surface area contributed by atoms with Gasteiger partial charge in [-0.15, -0.1) is 0 Å². The van der Waals surface area contributed by atoms with E-state index in [9.17, 15) is 0 Å². The van der Waals surface area contributed by atoms with Crippen molar-refractivity contribution in [3.63, 3.8) is 0 Å². The summed E-state index contributed by atoms with van der Waals surface area (Å²) in [5.41, 5.74) is 8.70. The predicted molar refractivity (Wildman–Crippen MR) is 215 cm³/mol. The first-order valence-electron chi connectivity index (χ1n) is 19.2. The van der Waals surface area contributed by atoms with Crippen molar-refractivity contribution in [1.29, 1.82) is 0 Å². The number of benzene rings is 4. The van der Waals surface area contributed by atoms with Crippen molar-refractivity contribution in [2.45, 2.75) is 90.5 Å². The maximum atomic E-state index is 15.1. The van der Waals surface area contributed by atoms with Crippen molar-refractivity contribution in [2.24, 2.45) is 0 Å². The summed E-state index contributed by atoms with van der Waals surface area (Å²) in [5, 5.41) is -0.0648. The van der Waals surface area contributed by atoms with Gasteiger partial charge in [0, 0.05) is 28.0 Å². The van der Waals surface area contributed by atoms with E-state index in [0.717, 1.165) is 56.0 Å². The summed E-state index contributed by atoms with van der Waals surface area (Å²) < 4.78 is 39.2. The number of aryl methyl sites for hydroxylation is 1. The first-order valence-corrected chi connectivity index (χ1v) is 22.1. The van der Waals surface area contributed by atoms with Gasteiger partial charge in [-0.3, -0.25) is 9.69 Å². The standard InChI is InChI=1S/C45H52N2O7Si/c1-27-20-31-21-34-44(48)47-33(38(46(34)6)36(31)42(39(27)49-7)51-24-30-18-14-11-15-19-30)22-32-37(35(47)25-50-23-29-16-12-10-13-17-29)43-41(52-26-53-43)28(2)40(32)54-55(8,9)45(3,4)5/h10-20,22,34-35,38H,21,23-26H2,1-9H3/t34-,35-,38+/m1/s1. The van der Waals surface area contributed by atoms with Crippen LogP contribution in [-0.2, 0) is 29.2 Å². The molecule has 4 aromatic rings. The monoisotopic (exact) mass is 760 g/mol. The largest absolute Gasteiger partial charge is 0.543 e. The number of carbonyl (C=O) groups excluding carboxylic acids is 1. The molecule has 8 rings (SSSR count). The quantitative estimate of drug-likeness (QED) is 0.148. The van der Waals surface area contributed by atoms with Crippen LogP contribution in [0, 0.1) is 13.8 Å². The van der Waals surface area contributed by atoms with Crippen molar-refractivity contribution in [3.05, 3.63) is 117 Å². The number of likely N-dealkylation sites (N-methyl/N-ethyl adjacent to an activating group) is 1. The third kappa shape index (κ3) is 6.28. The molecule has 0 N–H and O–H groups in total. The normalized spacial score (nSPS) is 20.0. The Balaban J connectivity index is 1.34. The van der Waals surface area contributed by atoms with Crippen LogP contribution in [0.5, 0.6) is 28.7 Å². The minimum atomic E-state index is -2.37. The summed E-state index contributed by atoms with van der Waals surface area (Å²) in [6.45, 7) is 16.5. The number of piperazine rings is 1. The first-order chi connectivity index (χ1) is 26.3. The summed E-state index contributed by atoms with van der Waals surface area (Å²) in [4.78, 5) is 19.3. The Morgan fingerprint density at radius 2 is 1.53 bits per heavy atom.